The fraction of sp³-hybridized carbons (Fsp3) is 0.923. The molecule has 0 aromatic heterocycles. The lowest BCUT2D eigenvalue weighted by Gasteiger charge is -2.33. The van der Waals surface area contributed by atoms with Crippen molar-refractivity contribution in [1.82, 2.24) is 0 Å². The molecule has 0 fully saturated rings. The van der Waals surface area contributed by atoms with Crippen LogP contribution >= 0.6 is 0 Å². The number of esters is 1. The van der Waals surface area contributed by atoms with Gasteiger partial charge in [0.1, 0.15) is 12.6 Å². The van der Waals surface area contributed by atoms with Crippen LogP contribution in [0.3, 0.4) is 0 Å². The van der Waals surface area contributed by atoms with E-state index in [0.29, 0.717) is 13.0 Å². The van der Waals surface area contributed by atoms with Crippen LogP contribution in [0.5, 0.6) is 0 Å². The predicted molar refractivity (Wildman–Crippen MR) is 70.2 cm³/mol. The van der Waals surface area contributed by atoms with Crippen LogP contribution in [0.4, 0.5) is 39.5 Å². The van der Waals surface area contributed by atoms with Crippen LogP contribution in [0.2, 0.25) is 0 Å². The average Bonchev–Trinajstić information content (AvgIpc) is 2.50. The molecule has 13 heteroatoms. The molecule has 0 aliphatic heterocycles. The molecule has 1 unspecified atom stereocenters. The first-order valence-corrected chi connectivity index (χ1v) is 7.32. The first-order valence-electron chi connectivity index (χ1n) is 7.32. The molecule has 2 N–H and O–H groups in total. The zero-order valence-corrected chi connectivity index (χ0v) is 13.5. The number of carbonyl (C=O) groups excluding carboxylic acids is 1. The molecule has 4 nitrogen and oxygen atoms in total. The number of carbonyl (C=O) groups is 1. The minimum Gasteiger partial charge on any atom is -0.462 e. The molecule has 0 heterocycles. The van der Waals surface area contributed by atoms with Crippen molar-refractivity contribution in [2.24, 2.45) is 5.73 Å². The lowest BCUT2D eigenvalue weighted by atomic mass is 9.97. The largest absolute Gasteiger partial charge is 0.462 e. The van der Waals surface area contributed by atoms with Crippen molar-refractivity contribution in [2.45, 2.75) is 56.2 Å². The molecule has 26 heavy (non-hydrogen) atoms. The highest BCUT2D eigenvalue weighted by molar-refractivity contribution is 5.75. The van der Waals surface area contributed by atoms with Crippen LogP contribution in [-0.4, -0.2) is 55.8 Å². The van der Waals surface area contributed by atoms with Crippen molar-refractivity contribution in [3.05, 3.63) is 0 Å². The van der Waals surface area contributed by atoms with Gasteiger partial charge in [-0.1, -0.05) is 6.92 Å². The van der Waals surface area contributed by atoms with Crippen molar-refractivity contribution in [3.63, 3.8) is 0 Å². The van der Waals surface area contributed by atoms with Gasteiger partial charge in [0.25, 0.3) is 0 Å². The Morgan fingerprint density at radius 1 is 0.923 bits per heavy atom. The Kier molecular flexibility index (Phi) is 8.67. The molecule has 1 atom stereocenters. The SMILES string of the molecule is CCCOCCOC(=O)C(N)CCC(F)(F)C(F)(F)C(F)(F)C(F)(F)F. The summed E-state index contributed by atoms with van der Waals surface area (Å²) >= 11 is 0. The summed E-state index contributed by atoms with van der Waals surface area (Å²) in [5.74, 6) is -20.8. The van der Waals surface area contributed by atoms with E-state index in [2.05, 4.69) is 4.74 Å². The third-order valence-corrected chi connectivity index (χ3v) is 3.10. The molecule has 0 aliphatic rings. The summed E-state index contributed by atoms with van der Waals surface area (Å²) in [6.45, 7) is 1.75. The number of ether oxygens (including phenoxy) is 2. The second-order valence-electron chi connectivity index (χ2n) is 5.28. The van der Waals surface area contributed by atoms with Crippen molar-refractivity contribution in [1.29, 1.82) is 0 Å². The monoisotopic (exact) mass is 407 g/mol. The maximum Gasteiger partial charge on any atom is 0.460 e. The first kappa shape index (κ1) is 24.8. The van der Waals surface area contributed by atoms with Crippen LogP contribution in [0.25, 0.3) is 0 Å². The molecular formula is C13H18F9NO3. The Morgan fingerprint density at radius 2 is 1.46 bits per heavy atom. The van der Waals surface area contributed by atoms with E-state index >= 15 is 0 Å². The predicted octanol–water partition coefficient (Wildman–Crippen LogP) is 3.53. The third kappa shape index (κ3) is 5.89. The molecule has 0 rings (SSSR count). The van der Waals surface area contributed by atoms with Crippen LogP contribution in [0.15, 0.2) is 0 Å². The number of hydrogen-bond donors (Lipinski definition) is 1. The van der Waals surface area contributed by atoms with Gasteiger partial charge in [0.15, 0.2) is 0 Å². The van der Waals surface area contributed by atoms with Gasteiger partial charge in [-0.15, -0.1) is 0 Å². The van der Waals surface area contributed by atoms with Gasteiger partial charge in [0, 0.05) is 13.0 Å². The summed E-state index contributed by atoms with van der Waals surface area (Å²) < 4.78 is 123. The van der Waals surface area contributed by atoms with Gasteiger partial charge in [0.2, 0.25) is 0 Å². The molecule has 0 radical (unpaired) electrons. The maximum atomic E-state index is 13.3. The summed E-state index contributed by atoms with van der Waals surface area (Å²) in [6, 6.07) is -1.91. The van der Waals surface area contributed by atoms with Crippen LogP contribution in [-0.2, 0) is 14.3 Å². The number of nitrogens with two attached hydrogens (primary N) is 1. The lowest BCUT2D eigenvalue weighted by molar-refractivity contribution is -0.396. The fourth-order valence-corrected chi connectivity index (χ4v) is 1.57. The molecule has 0 aliphatic carbocycles. The van der Waals surface area contributed by atoms with E-state index in [1.54, 1.807) is 6.92 Å². The topological polar surface area (TPSA) is 61.5 Å². The molecule has 0 bridgehead atoms. The van der Waals surface area contributed by atoms with Crippen molar-refractivity contribution >= 4 is 5.97 Å². The molecule has 0 saturated carbocycles. The normalized spacial score (nSPS) is 15.0. The van der Waals surface area contributed by atoms with E-state index in [1.807, 2.05) is 0 Å². The Morgan fingerprint density at radius 3 is 1.92 bits per heavy atom. The average molecular weight is 407 g/mol. The van der Waals surface area contributed by atoms with E-state index in [4.69, 9.17) is 10.5 Å². The van der Waals surface area contributed by atoms with Crippen molar-refractivity contribution in [3.8, 4) is 0 Å². The summed E-state index contributed by atoms with van der Waals surface area (Å²) in [5.41, 5.74) is 5.10. The van der Waals surface area contributed by atoms with Crippen LogP contribution in [0.1, 0.15) is 26.2 Å². The molecule has 0 aromatic rings. The zero-order valence-electron chi connectivity index (χ0n) is 13.5. The van der Waals surface area contributed by atoms with Crippen LogP contribution < -0.4 is 5.73 Å². The van der Waals surface area contributed by atoms with Gasteiger partial charge in [-0.2, -0.15) is 39.5 Å². The van der Waals surface area contributed by atoms with Gasteiger partial charge < -0.3 is 15.2 Å². The molecular weight excluding hydrogens is 389 g/mol. The minimum atomic E-state index is -6.97. The second kappa shape index (κ2) is 9.11. The summed E-state index contributed by atoms with van der Waals surface area (Å²) in [4.78, 5) is 11.3. The lowest BCUT2D eigenvalue weighted by Crippen LogP contribution is -2.61. The maximum absolute atomic E-state index is 13.3. The summed E-state index contributed by atoms with van der Waals surface area (Å²) in [6.07, 6.45) is -9.71. The molecule has 156 valence electrons. The number of rotatable bonds is 11. The van der Waals surface area contributed by atoms with E-state index in [0.717, 1.165) is 0 Å². The highest BCUT2D eigenvalue weighted by Gasteiger charge is 2.81. The quantitative estimate of drug-likeness (QED) is 0.323. The van der Waals surface area contributed by atoms with Gasteiger partial charge in [-0.05, 0) is 12.8 Å². The van der Waals surface area contributed by atoms with Gasteiger partial charge >= 0.3 is 29.9 Å². The number of halogens is 9. The van der Waals surface area contributed by atoms with Crippen molar-refractivity contribution < 1.29 is 53.8 Å². The number of hydrogen-bond acceptors (Lipinski definition) is 4. The van der Waals surface area contributed by atoms with Gasteiger partial charge in [-0.3, -0.25) is 4.79 Å². The second-order valence-corrected chi connectivity index (χ2v) is 5.28. The highest BCUT2D eigenvalue weighted by atomic mass is 19.4. The Labute approximate surface area is 142 Å². The smallest absolute Gasteiger partial charge is 0.460 e. The Bertz CT molecular complexity index is 455. The first-order chi connectivity index (χ1) is 11.6. The Balaban J connectivity index is 4.73. The molecule has 0 aromatic carbocycles. The summed E-state index contributed by atoms with van der Waals surface area (Å²) in [5, 5.41) is 0. The van der Waals surface area contributed by atoms with Crippen molar-refractivity contribution in [2.75, 3.05) is 19.8 Å². The van der Waals surface area contributed by atoms with E-state index in [1.165, 1.54) is 0 Å². The van der Waals surface area contributed by atoms with Gasteiger partial charge in [-0.25, -0.2) is 0 Å². The highest BCUT2D eigenvalue weighted by Crippen LogP contribution is 2.54. The fourth-order valence-electron chi connectivity index (χ4n) is 1.57. The number of alkyl halides is 9. The standard InChI is InChI=1S/C13H18F9NO3/c1-2-5-25-6-7-26-9(24)8(23)3-4-10(14,15)11(16,17)12(18,19)13(20,21)22/h8H,2-7,23H2,1H3. The van der Waals surface area contributed by atoms with E-state index in [-0.39, 0.29) is 13.2 Å². The van der Waals surface area contributed by atoms with E-state index < -0.39 is 48.8 Å². The minimum absolute atomic E-state index is 0.0572. The van der Waals surface area contributed by atoms with Gasteiger partial charge in [0.05, 0.1) is 6.61 Å². The van der Waals surface area contributed by atoms with E-state index in [9.17, 15) is 44.3 Å². The van der Waals surface area contributed by atoms with Crippen LogP contribution in [0, 0.1) is 0 Å². The molecule has 0 spiro atoms. The third-order valence-electron chi connectivity index (χ3n) is 3.10. The summed E-state index contributed by atoms with van der Waals surface area (Å²) in [7, 11) is 0. The zero-order chi connectivity index (χ0) is 20.8. The molecule has 0 amide bonds. The molecule has 0 saturated heterocycles. The Hall–Kier alpha value is -1.24.